The topological polar surface area (TPSA) is 507 Å². The molecule has 150 heavy (non-hydrogen) atoms. The van der Waals surface area contributed by atoms with Crippen LogP contribution < -0.4 is 31.9 Å². The zero-order valence-electron chi connectivity index (χ0n) is 91.6. The van der Waals surface area contributed by atoms with E-state index < -0.39 is 60.1 Å². The van der Waals surface area contributed by atoms with Crippen LogP contribution in [0.15, 0.2) is 71.5 Å². The number of aromatic amines is 1. The van der Waals surface area contributed by atoms with Gasteiger partial charge in [-0.3, -0.25) is 67.2 Å². The van der Waals surface area contributed by atoms with E-state index in [-0.39, 0.29) is 177 Å². The highest BCUT2D eigenvalue weighted by atomic mass is 16.6. The summed E-state index contributed by atoms with van der Waals surface area (Å²) in [5.74, 6) is -1.32. The number of likely N-dealkylation sites (tertiary alicyclic amines) is 1. The fourth-order valence-electron chi connectivity index (χ4n) is 22.1. The van der Waals surface area contributed by atoms with Crippen LogP contribution in [-0.4, -0.2) is 170 Å². The number of aromatic nitrogens is 3. The van der Waals surface area contributed by atoms with Gasteiger partial charge >= 0.3 is 6.09 Å². The first-order chi connectivity index (χ1) is 71.4. The normalized spacial score (nSPS) is 21.9. The predicted molar refractivity (Wildman–Crippen MR) is 569 cm³/mol. The van der Waals surface area contributed by atoms with Crippen molar-refractivity contribution < 1.29 is 81.0 Å². The van der Waals surface area contributed by atoms with E-state index in [1.807, 2.05) is 117 Å². The molecule has 8 aliphatic rings. The summed E-state index contributed by atoms with van der Waals surface area (Å²) in [5, 5.41) is 65.1. The lowest BCUT2D eigenvalue weighted by Crippen LogP contribution is -2.45. The molecule has 32 heteroatoms. The molecular formula is C118H171N15O17. The largest absolute Gasteiger partial charge is 0.449 e. The highest BCUT2D eigenvalue weighted by Gasteiger charge is 2.42. The molecule has 0 bridgehead atoms. The number of ether oxygens (including phenoxy) is 2. The molecule has 3 aliphatic heterocycles. The molecule has 3 saturated heterocycles. The number of rotatable bonds is 44. The van der Waals surface area contributed by atoms with Crippen molar-refractivity contribution in [2.75, 3.05) is 19.7 Å². The van der Waals surface area contributed by atoms with Gasteiger partial charge in [0.2, 0.25) is 29.5 Å². The van der Waals surface area contributed by atoms with Gasteiger partial charge in [-0.1, -0.05) is 165 Å². The molecular weight excluding hydrogens is 1900 g/mol. The van der Waals surface area contributed by atoms with Crippen LogP contribution in [0.4, 0.5) is 4.79 Å². The van der Waals surface area contributed by atoms with Gasteiger partial charge in [0.15, 0.2) is 29.1 Å². The first kappa shape index (κ1) is 124. The van der Waals surface area contributed by atoms with E-state index in [1.54, 1.807) is 6.20 Å². The standard InChI is InChI=1S/C30H41N3O5.C25H32N4O3.C22H35N3O3.C21H34N2O3.C20H29N3O3/c1-30(2,3)18-23(28(36)32-24(19-31)16-22-12-7-8-14-26(22)34)17-27(35)25-13-9-15-33(25)29(37)38-20-21-10-5-4-6-11-21;1-25(2,3)14-17(13-22(31)23-28-19-9-5-6-10-20(19)29-23)24(32)27-18(15-26)12-16-8-4-7-11-21(16)30;1-22(2,3)13-16(12-20(27)18-8-6-10-24-18)21(28)25-17(14-23)11-15-7-4-5-9-19(15)26;1-15(2)12-17(9-10-19-7-5-11-26-19)21(25)23-18(14-22)13-16-6-3-4-8-20(16)24;1-14(2)11-16(7-8-19-22-9-10-26-19)20(25)23-17(13-21)12-15-5-3-4-6-18(15)24/h4-6,10-11,22-25H,7-9,12-18,20H2,1-3H3,(H,32,36);5-6,9-10,16-18H,4,7-8,11-14H2,1-3H3,(H,27,32)(H,28,29);15-18,24H,4-13H2,1-3H3,(H,25,28);15-19H,3-13H2,1-2H3,(H,23,25);9-10,14-17H,3-8,11-12H2,1-2H3,(H,23,25)/t22-,23-,24-,25?;16-,17-,18-;15-,16-,17-,18?;16-,17-,18-,19-;15-,16-,17-/m00000/s1. The molecule has 6 amide bonds. The smallest absolute Gasteiger partial charge is 0.410 e. The van der Waals surface area contributed by atoms with E-state index >= 15 is 0 Å². The molecule has 12 rings (SSSR count). The van der Waals surface area contributed by atoms with E-state index in [9.17, 15) is 93.4 Å². The van der Waals surface area contributed by atoms with Crippen LogP contribution in [0.3, 0.4) is 0 Å². The third kappa shape index (κ3) is 44.4. The van der Waals surface area contributed by atoms with Crippen molar-refractivity contribution in [2.45, 2.75) is 421 Å². The molecule has 2 aromatic heterocycles. The number of para-hydroxylation sites is 2. The number of nitrogens with one attached hydrogen (secondary N) is 7. The Hall–Kier alpha value is -11.5. The summed E-state index contributed by atoms with van der Waals surface area (Å²) in [6.07, 6.45) is 32.7. The molecule has 5 heterocycles. The number of benzene rings is 2. The zero-order valence-corrected chi connectivity index (χ0v) is 91.6. The summed E-state index contributed by atoms with van der Waals surface area (Å²) in [7, 11) is 0. The van der Waals surface area contributed by atoms with Gasteiger partial charge in [-0.25, -0.2) is 14.8 Å². The Bertz CT molecular complexity index is 5220. The summed E-state index contributed by atoms with van der Waals surface area (Å²) >= 11 is 0. The molecule has 18 atom stereocenters. The molecule has 0 radical (unpaired) electrons. The molecule has 820 valence electrons. The number of Topliss-reactive ketones (excluding diaryl/α,β-unsaturated/α-hetero) is 8. The first-order valence-corrected chi connectivity index (χ1v) is 55.8. The van der Waals surface area contributed by atoms with Crippen LogP contribution in [0.25, 0.3) is 11.0 Å². The van der Waals surface area contributed by atoms with E-state index in [0.29, 0.717) is 139 Å². The van der Waals surface area contributed by atoms with Gasteiger partial charge in [0, 0.05) is 130 Å². The maximum absolute atomic E-state index is 13.4. The van der Waals surface area contributed by atoms with Crippen molar-refractivity contribution >= 4 is 92.9 Å². The lowest BCUT2D eigenvalue weighted by atomic mass is 9.80. The van der Waals surface area contributed by atoms with Crippen molar-refractivity contribution in [2.24, 2.45) is 87.3 Å². The number of ketones is 8. The van der Waals surface area contributed by atoms with Gasteiger partial charge in [0.1, 0.15) is 72.0 Å². The Morgan fingerprint density at radius 1 is 0.460 bits per heavy atom. The fraction of sp³-hybridized carbons (Fsp3) is 0.703. The minimum atomic E-state index is -0.775. The molecule has 32 nitrogen and oxygen atoms in total. The van der Waals surface area contributed by atoms with Gasteiger partial charge in [0.25, 0.3) is 0 Å². The molecule has 5 saturated carbocycles. The number of amides is 6. The van der Waals surface area contributed by atoms with E-state index in [1.165, 1.54) is 11.2 Å². The average molecular weight is 2070 g/mol. The second kappa shape index (κ2) is 63.1. The number of nitrogens with zero attached hydrogens (tertiary/aromatic N) is 8. The van der Waals surface area contributed by atoms with Crippen LogP contribution in [0.2, 0.25) is 0 Å². The number of carbonyl (C=O) groups excluding carboxylic acids is 14. The molecule has 0 spiro atoms. The number of imidazole rings is 1. The third-order valence-electron chi connectivity index (χ3n) is 29.9. The maximum Gasteiger partial charge on any atom is 0.410 e. The lowest BCUT2D eigenvalue weighted by molar-refractivity contribution is -0.132. The van der Waals surface area contributed by atoms with Crippen LogP contribution in [0.1, 0.15) is 382 Å². The number of nitriles is 5. The summed E-state index contributed by atoms with van der Waals surface area (Å²) in [6.45, 7) is 28.8. The minimum absolute atomic E-state index is 0.00341. The van der Waals surface area contributed by atoms with E-state index in [4.69, 9.17) is 13.9 Å². The molecule has 5 aliphatic carbocycles. The van der Waals surface area contributed by atoms with Crippen LogP contribution in [-0.2, 0) is 80.0 Å². The van der Waals surface area contributed by atoms with Crippen molar-refractivity contribution in [1.82, 2.24) is 51.8 Å². The minimum Gasteiger partial charge on any atom is -0.449 e. The molecule has 7 N–H and O–H groups in total. The highest BCUT2D eigenvalue weighted by molar-refractivity contribution is 5.99. The first-order valence-electron chi connectivity index (χ1n) is 55.8. The number of H-pyrrole nitrogens is 1. The van der Waals surface area contributed by atoms with E-state index in [0.717, 1.165) is 172 Å². The Labute approximate surface area is 889 Å². The molecule has 2 unspecified atom stereocenters. The van der Waals surface area contributed by atoms with Crippen molar-refractivity contribution in [3.05, 3.63) is 84.3 Å². The zero-order chi connectivity index (χ0) is 110. The van der Waals surface area contributed by atoms with Gasteiger partial charge in [-0.05, 0) is 239 Å². The number of aryl methyl sites for hydroxylation is 1. The number of oxazole rings is 1. The molecule has 2 aromatic carbocycles. The van der Waals surface area contributed by atoms with Crippen LogP contribution in [0, 0.1) is 144 Å². The number of hydrogen-bond acceptors (Lipinski definition) is 25. The predicted octanol–water partition coefficient (Wildman–Crippen LogP) is 19.4. The lowest BCUT2D eigenvalue weighted by Gasteiger charge is -2.29. The quantitative estimate of drug-likeness (QED) is 0.0202. The number of hydrogen-bond donors (Lipinski definition) is 7. The van der Waals surface area contributed by atoms with Crippen LogP contribution >= 0.6 is 0 Å². The van der Waals surface area contributed by atoms with Crippen molar-refractivity contribution in [3.8, 4) is 30.3 Å². The second-order valence-corrected chi connectivity index (χ2v) is 47.5. The summed E-state index contributed by atoms with van der Waals surface area (Å²) in [4.78, 5) is 190. The van der Waals surface area contributed by atoms with Gasteiger partial charge < -0.3 is 50.8 Å². The monoisotopic (exact) mass is 2070 g/mol. The summed E-state index contributed by atoms with van der Waals surface area (Å²) in [5.41, 5.74) is 1.83. The Morgan fingerprint density at radius 3 is 1.23 bits per heavy atom. The second-order valence-electron chi connectivity index (χ2n) is 47.5. The van der Waals surface area contributed by atoms with Crippen molar-refractivity contribution in [1.29, 1.82) is 26.3 Å². The Balaban J connectivity index is 0.000000230. The SMILES string of the molecule is CC(C)(C)C[C@H](CC(=O)C1CCCN1)C(=O)N[C@H](C#N)C[C@@H]1CCCCC1=O.CC(C)(C)C[C@H](CC(=O)C1CCCN1C(=O)OCc1ccccc1)C(=O)N[C@H](C#N)C[C@@H]1CCCCC1=O.CC(C)(C)C[C@H](CC(=O)c1nc2ccccc2[nH]1)C(=O)N[C@H](C#N)C[C@@H]1CCCCC1=O.CC(C)C[C@H](CC[C@@H]1CCCO1)C(=O)N[C@H](C#N)C[C@@H]1CCCCC1=O.CC(C)C[C@H](CCc1ncco1)C(=O)N[C@H](C#N)C[C@@H]1CCCCC1=O. The maximum atomic E-state index is 13.4. The Kier molecular flexibility index (Phi) is 52.0. The summed E-state index contributed by atoms with van der Waals surface area (Å²) in [6, 6.07) is 23.4. The molecule has 8 fully saturated rings. The number of carbonyl (C=O) groups is 14. The van der Waals surface area contributed by atoms with Crippen molar-refractivity contribution in [3.63, 3.8) is 0 Å². The van der Waals surface area contributed by atoms with Crippen LogP contribution in [0.5, 0.6) is 0 Å². The summed E-state index contributed by atoms with van der Waals surface area (Å²) < 4.78 is 16.4. The van der Waals surface area contributed by atoms with Gasteiger partial charge in [-0.2, -0.15) is 26.3 Å². The average Bonchev–Trinajstić information content (AvgIpc) is 1.66. The molecule has 4 aromatic rings. The highest BCUT2D eigenvalue weighted by Crippen LogP contribution is 2.37. The van der Waals surface area contributed by atoms with E-state index in [2.05, 4.69) is 105 Å². The number of fused-ring (bicyclic) bond motifs is 1. The van der Waals surface area contributed by atoms with Gasteiger partial charge in [-0.15, -0.1) is 0 Å². The fourth-order valence-corrected chi connectivity index (χ4v) is 22.1. The third-order valence-corrected chi connectivity index (χ3v) is 29.9. The van der Waals surface area contributed by atoms with Gasteiger partial charge in [0.05, 0.1) is 65.8 Å². The Morgan fingerprint density at radius 2 is 0.860 bits per heavy atom.